The van der Waals surface area contributed by atoms with Gasteiger partial charge in [0.2, 0.25) is 0 Å². The molecule has 28 heavy (non-hydrogen) atoms. The molecule has 0 aliphatic heterocycles. The van der Waals surface area contributed by atoms with Crippen molar-refractivity contribution in [2.45, 2.75) is 26.3 Å². The molecule has 0 spiro atoms. The minimum Gasteiger partial charge on any atom is -0.494 e. The number of carbonyl (C=O) groups excluding carboxylic acids is 3. The van der Waals surface area contributed by atoms with Crippen LogP contribution in [-0.4, -0.2) is 42.8 Å². The molecule has 0 bridgehead atoms. The molecule has 0 unspecified atom stereocenters. The van der Waals surface area contributed by atoms with E-state index >= 15 is 0 Å². The Bertz CT molecular complexity index is 818. The normalized spacial score (nSPS) is 10.4. The van der Waals surface area contributed by atoms with Crippen LogP contribution in [0.4, 0.5) is 0 Å². The lowest BCUT2D eigenvalue weighted by atomic mass is 10.1. The van der Waals surface area contributed by atoms with E-state index in [2.05, 4.69) is 0 Å². The fourth-order valence-electron chi connectivity index (χ4n) is 2.35. The van der Waals surface area contributed by atoms with Gasteiger partial charge in [0.25, 0.3) is 5.91 Å². The number of hydrogen-bond donors (Lipinski definition) is 0. The summed E-state index contributed by atoms with van der Waals surface area (Å²) in [6, 6.07) is 10.4. The van der Waals surface area contributed by atoms with E-state index in [1.165, 1.54) is 16.2 Å². The summed E-state index contributed by atoms with van der Waals surface area (Å²) in [7, 11) is 1.62. The summed E-state index contributed by atoms with van der Waals surface area (Å²) in [6.07, 6.45) is -0.0614. The van der Waals surface area contributed by atoms with Crippen LogP contribution in [0.5, 0.6) is 5.75 Å². The molecule has 0 radical (unpaired) electrons. The molecule has 150 valence electrons. The number of nitrogens with zero attached hydrogens (tertiary/aromatic N) is 1. The lowest BCUT2D eigenvalue weighted by Crippen LogP contribution is -2.30. The summed E-state index contributed by atoms with van der Waals surface area (Å²) in [5, 5.41) is 0. The molecule has 0 aliphatic rings. The SMILES string of the molecule is CCOc1ccc(C(=O)CCC(=O)OCC(=O)N(C)Cc2ccc(Cl)s2)cc1. The van der Waals surface area contributed by atoms with Crippen molar-refractivity contribution in [1.29, 1.82) is 0 Å². The number of esters is 1. The summed E-state index contributed by atoms with van der Waals surface area (Å²) in [5.74, 6) is -0.389. The third-order valence-corrected chi connectivity index (χ3v) is 5.06. The second-order valence-electron chi connectivity index (χ2n) is 6.00. The summed E-state index contributed by atoms with van der Waals surface area (Å²) >= 11 is 7.25. The van der Waals surface area contributed by atoms with Gasteiger partial charge in [-0.1, -0.05) is 11.6 Å². The van der Waals surface area contributed by atoms with E-state index in [0.29, 0.717) is 28.8 Å². The predicted octanol–water partition coefficient (Wildman–Crippen LogP) is 3.96. The molecule has 1 aromatic heterocycles. The van der Waals surface area contributed by atoms with Crippen LogP contribution in [0.2, 0.25) is 4.34 Å². The van der Waals surface area contributed by atoms with Crippen LogP contribution < -0.4 is 4.74 Å². The highest BCUT2D eigenvalue weighted by atomic mass is 35.5. The molecule has 2 rings (SSSR count). The highest BCUT2D eigenvalue weighted by Gasteiger charge is 2.15. The first-order valence-corrected chi connectivity index (χ1v) is 9.98. The van der Waals surface area contributed by atoms with Crippen LogP contribution in [0.15, 0.2) is 36.4 Å². The first kappa shape index (κ1) is 21.9. The second kappa shape index (κ2) is 10.8. The van der Waals surface area contributed by atoms with Gasteiger partial charge in [0.05, 0.1) is 23.9 Å². The Morgan fingerprint density at radius 3 is 2.39 bits per heavy atom. The largest absolute Gasteiger partial charge is 0.494 e. The van der Waals surface area contributed by atoms with Crippen LogP contribution in [0.3, 0.4) is 0 Å². The van der Waals surface area contributed by atoms with Gasteiger partial charge in [-0.3, -0.25) is 14.4 Å². The van der Waals surface area contributed by atoms with E-state index in [0.717, 1.165) is 4.88 Å². The molecule has 0 saturated carbocycles. The predicted molar refractivity (Wildman–Crippen MR) is 108 cm³/mol. The highest BCUT2D eigenvalue weighted by Crippen LogP contribution is 2.22. The first-order chi connectivity index (χ1) is 13.4. The van der Waals surface area contributed by atoms with E-state index < -0.39 is 5.97 Å². The van der Waals surface area contributed by atoms with E-state index in [9.17, 15) is 14.4 Å². The van der Waals surface area contributed by atoms with Crippen molar-refractivity contribution in [2.75, 3.05) is 20.3 Å². The number of thiophene rings is 1. The molecule has 2 aromatic rings. The molecule has 1 heterocycles. The third kappa shape index (κ3) is 6.98. The molecule has 0 fully saturated rings. The smallest absolute Gasteiger partial charge is 0.306 e. The number of amides is 1. The van der Waals surface area contributed by atoms with E-state index in [4.69, 9.17) is 21.1 Å². The fraction of sp³-hybridized carbons (Fsp3) is 0.350. The summed E-state index contributed by atoms with van der Waals surface area (Å²) in [5.41, 5.74) is 0.502. The zero-order chi connectivity index (χ0) is 20.5. The molecular formula is C20H22ClNO5S. The average Bonchev–Trinajstić information content (AvgIpc) is 3.09. The zero-order valence-corrected chi connectivity index (χ0v) is 17.3. The minimum absolute atomic E-state index is 0.0184. The number of rotatable bonds is 10. The molecule has 6 nitrogen and oxygen atoms in total. The fourth-order valence-corrected chi connectivity index (χ4v) is 3.49. The van der Waals surface area contributed by atoms with Crippen LogP contribution in [-0.2, 0) is 20.9 Å². The summed E-state index contributed by atoms with van der Waals surface area (Å²) in [4.78, 5) is 38.4. The third-order valence-electron chi connectivity index (χ3n) is 3.85. The van der Waals surface area contributed by atoms with E-state index in [-0.39, 0.29) is 31.1 Å². The molecule has 0 N–H and O–H groups in total. The number of Topliss-reactive ketones (excluding diaryl/α,β-unsaturated/α-hetero) is 1. The Hall–Kier alpha value is -2.38. The van der Waals surface area contributed by atoms with Gasteiger partial charge >= 0.3 is 5.97 Å². The zero-order valence-electron chi connectivity index (χ0n) is 15.8. The minimum atomic E-state index is -0.583. The maximum absolute atomic E-state index is 12.1. The quantitative estimate of drug-likeness (QED) is 0.427. The van der Waals surface area contributed by atoms with E-state index in [1.54, 1.807) is 37.4 Å². The van der Waals surface area contributed by atoms with Crippen molar-refractivity contribution < 1.29 is 23.9 Å². The van der Waals surface area contributed by atoms with Gasteiger partial charge in [-0.05, 0) is 43.3 Å². The van der Waals surface area contributed by atoms with Crippen LogP contribution >= 0.6 is 22.9 Å². The number of benzene rings is 1. The molecular weight excluding hydrogens is 402 g/mol. The number of halogens is 1. The van der Waals surface area contributed by atoms with Gasteiger partial charge < -0.3 is 14.4 Å². The lowest BCUT2D eigenvalue weighted by Gasteiger charge is -2.16. The number of ketones is 1. The van der Waals surface area contributed by atoms with Gasteiger partial charge in [0.15, 0.2) is 12.4 Å². The molecule has 8 heteroatoms. The summed E-state index contributed by atoms with van der Waals surface area (Å²) < 4.78 is 11.0. The van der Waals surface area contributed by atoms with Gasteiger partial charge in [-0.2, -0.15) is 0 Å². The van der Waals surface area contributed by atoms with Gasteiger partial charge in [-0.25, -0.2) is 0 Å². The number of likely N-dealkylation sites (N-methyl/N-ethyl adjacent to an activating group) is 1. The van der Waals surface area contributed by atoms with Crippen LogP contribution in [0, 0.1) is 0 Å². The van der Waals surface area contributed by atoms with E-state index in [1.807, 2.05) is 13.0 Å². The highest BCUT2D eigenvalue weighted by molar-refractivity contribution is 7.16. The van der Waals surface area contributed by atoms with Gasteiger partial charge in [0, 0.05) is 23.9 Å². The number of carbonyl (C=O) groups is 3. The average molecular weight is 424 g/mol. The summed E-state index contributed by atoms with van der Waals surface area (Å²) in [6.45, 7) is 2.47. The van der Waals surface area contributed by atoms with Crippen molar-refractivity contribution in [3.8, 4) is 5.75 Å². The maximum atomic E-state index is 12.1. The van der Waals surface area contributed by atoms with Crippen molar-refractivity contribution in [3.63, 3.8) is 0 Å². The Morgan fingerprint density at radius 2 is 1.79 bits per heavy atom. The Labute approximate surface area is 173 Å². The van der Waals surface area contributed by atoms with Crippen molar-refractivity contribution in [2.24, 2.45) is 0 Å². The molecule has 0 saturated heterocycles. The molecule has 1 amide bonds. The number of hydrogen-bond acceptors (Lipinski definition) is 6. The maximum Gasteiger partial charge on any atom is 0.306 e. The topological polar surface area (TPSA) is 72.9 Å². The lowest BCUT2D eigenvalue weighted by molar-refractivity contribution is -0.151. The standard InChI is InChI=1S/C20H22ClNO5S/c1-3-26-15-6-4-14(5-7-15)17(23)9-11-20(25)27-13-19(24)22(2)12-16-8-10-18(21)28-16/h4-8,10H,3,9,11-13H2,1-2H3. The van der Waals surface area contributed by atoms with Crippen LogP contribution in [0.1, 0.15) is 35.0 Å². The molecule has 0 aliphatic carbocycles. The Morgan fingerprint density at radius 1 is 1.07 bits per heavy atom. The monoisotopic (exact) mass is 423 g/mol. The first-order valence-electron chi connectivity index (χ1n) is 8.79. The van der Waals surface area contributed by atoms with Gasteiger partial charge in [0.1, 0.15) is 5.75 Å². The Balaban J connectivity index is 1.71. The van der Waals surface area contributed by atoms with Crippen molar-refractivity contribution in [1.82, 2.24) is 4.90 Å². The number of ether oxygens (including phenoxy) is 2. The van der Waals surface area contributed by atoms with Crippen molar-refractivity contribution in [3.05, 3.63) is 51.2 Å². The van der Waals surface area contributed by atoms with Crippen molar-refractivity contribution >= 4 is 40.6 Å². The Kier molecular flexibility index (Phi) is 8.47. The molecule has 1 aromatic carbocycles. The molecule has 0 atom stereocenters. The van der Waals surface area contributed by atoms with Gasteiger partial charge in [-0.15, -0.1) is 11.3 Å². The second-order valence-corrected chi connectivity index (χ2v) is 7.80. The van der Waals surface area contributed by atoms with Crippen LogP contribution in [0.25, 0.3) is 0 Å².